The van der Waals surface area contributed by atoms with E-state index in [9.17, 15) is 14.4 Å². The molecular weight excluding hydrogens is 210 g/mol. The number of imide groups is 1. The summed E-state index contributed by atoms with van der Waals surface area (Å²) in [6.45, 7) is 2.15. The number of likely N-dealkylation sites (tertiary alicyclic amines) is 1. The van der Waals surface area contributed by atoms with E-state index in [0.717, 1.165) is 0 Å². The highest BCUT2D eigenvalue weighted by Gasteiger charge is 2.34. The first kappa shape index (κ1) is 12.6. The van der Waals surface area contributed by atoms with E-state index in [-0.39, 0.29) is 23.6 Å². The van der Waals surface area contributed by atoms with Gasteiger partial charge in [-0.25, -0.2) is 5.84 Å². The molecule has 0 spiro atoms. The van der Waals surface area contributed by atoms with Crippen LogP contribution in [0.15, 0.2) is 0 Å². The van der Waals surface area contributed by atoms with Crippen LogP contribution < -0.4 is 11.3 Å². The van der Waals surface area contributed by atoms with Crippen LogP contribution in [0.3, 0.4) is 0 Å². The lowest BCUT2D eigenvalue weighted by atomic mass is 10.1. The fourth-order valence-electron chi connectivity index (χ4n) is 1.71. The molecule has 0 aromatic heterocycles. The second-order valence-electron chi connectivity index (χ2n) is 4.01. The number of hydrogen-bond donors (Lipinski definition) is 2. The van der Waals surface area contributed by atoms with E-state index in [0.29, 0.717) is 32.2 Å². The van der Waals surface area contributed by atoms with Crippen LogP contribution in [0.1, 0.15) is 32.6 Å². The summed E-state index contributed by atoms with van der Waals surface area (Å²) in [5, 5.41) is 0. The number of nitrogens with one attached hydrogen (secondary N) is 1. The van der Waals surface area contributed by atoms with Crippen molar-refractivity contribution in [3.8, 4) is 0 Å². The largest absolute Gasteiger partial charge is 0.294 e. The van der Waals surface area contributed by atoms with Crippen LogP contribution in [-0.2, 0) is 14.4 Å². The molecule has 0 bridgehead atoms. The molecule has 6 nitrogen and oxygen atoms in total. The highest BCUT2D eigenvalue weighted by molar-refractivity contribution is 6.03. The van der Waals surface area contributed by atoms with Crippen molar-refractivity contribution < 1.29 is 14.4 Å². The third-order valence-electron chi connectivity index (χ3n) is 2.67. The first-order valence-corrected chi connectivity index (χ1v) is 5.40. The molecule has 1 saturated heterocycles. The Morgan fingerprint density at radius 1 is 1.50 bits per heavy atom. The van der Waals surface area contributed by atoms with E-state index in [1.165, 1.54) is 4.90 Å². The van der Waals surface area contributed by atoms with Gasteiger partial charge in [-0.1, -0.05) is 6.92 Å². The zero-order valence-corrected chi connectivity index (χ0v) is 9.36. The Hall–Kier alpha value is -1.43. The van der Waals surface area contributed by atoms with Gasteiger partial charge in [0.15, 0.2) is 0 Å². The SMILES string of the molecule is CC1CC(=O)N(CCCCC(=O)NN)C1=O. The van der Waals surface area contributed by atoms with Gasteiger partial charge in [-0.3, -0.25) is 24.7 Å². The predicted octanol–water partition coefficient (Wildman–Crippen LogP) is -0.458. The number of nitrogens with two attached hydrogens (primary N) is 1. The highest BCUT2D eigenvalue weighted by atomic mass is 16.2. The monoisotopic (exact) mass is 227 g/mol. The lowest BCUT2D eigenvalue weighted by molar-refractivity contribution is -0.139. The van der Waals surface area contributed by atoms with Crippen molar-refractivity contribution in [2.75, 3.05) is 6.54 Å². The molecule has 1 rings (SSSR count). The summed E-state index contributed by atoms with van der Waals surface area (Å²) in [7, 11) is 0. The molecule has 16 heavy (non-hydrogen) atoms. The van der Waals surface area contributed by atoms with Crippen LogP contribution in [0.4, 0.5) is 0 Å². The average molecular weight is 227 g/mol. The average Bonchev–Trinajstić information content (AvgIpc) is 2.49. The van der Waals surface area contributed by atoms with Gasteiger partial charge < -0.3 is 0 Å². The molecule has 0 saturated carbocycles. The molecule has 0 radical (unpaired) electrons. The van der Waals surface area contributed by atoms with Gasteiger partial charge in [0.05, 0.1) is 0 Å². The fraction of sp³-hybridized carbons (Fsp3) is 0.700. The Labute approximate surface area is 94.1 Å². The van der Waals surface area contributed by atoms with Crippen molar-refractivity contribution >= 4 is 17.7 Å². The van der Waals surface area contributed by atoms with Gasteiger partial charge in [-0.05, 0) is 12.8 Å². The van der Waals surface area contributed by atoms with Crippen molar-refractivity contribution in [3.05, 3.63) is 0 Å². The number of hydrogen-bond acceptors (Lipinski definition) is 4. The summed E-state index contributed by atoms with van der Waals surface area (Å²) in [5.74, 6) is 4.28. The minimum absolute atomic E-state index is 0.103. The van der Waals surface area contributed by atoms with Crippen LogP contribution in [0.2, 0.25) is 0 Å². The molecule has 3 N–H and O–H groups in total. The molecule has 90 valence electrons. The first-order valence-electron chi connectivity index (χ1n) is 5.40. The summed E-state index contributed by atoms with van der Waals surface area (Å²) in [5.41, 5.74) is 2.03. The predicted molar refractivity (Wildman–Crippen MR) is 56.7 cm³/mol. The molecular formula is C10H17N3O3. The van der Waals surface area contributed by atoms with Gasteiger partial charge in [0.2, 0.25) is 17.7 Å². The smallest absolute Gasteiger partial charge is 0.233 e. The quantitative estimate of drug-likeness (QED) is 0.218. The molecule has 1 atom stereocenters. The van der Waals surface area contributed by atoms with Crippen LogP contribution >= 0.6 is 0 Å². The molecule has 0 aromatic rings. The minimum Gasteiger partial charge on any atom is -0.294 e. The van der Waals surface area contributed by atoms with Gasteiger partial charge in [0.25, 0.3) is 0 Å². The van der Waals surface area contributed by atoms with Crippen molar-refractivity contribution in [2.45, 2.75) is 32.6 Å². The van der Waals surface area contributed by atoms with Crippen molar-refractivity contribution in [1.82, 2.24) is 10.3 Å². The molecule has 1 fully saturated rings. The van der Waals surface area contributed by atoms with E-state index in [2.05, 4.69) is 0 Å². The van der Waals surface area contributed by atoms with Crippen molar-refractivity contribution in [3.63, 3.8) is 0 Å². The second-order valence-corrected chi connectivity index (χ2v) is 4.01. The first-order chi connectivity index (χ1) is 7.56. The number of unbranched alkanes of at least 4 members (excludes halogenated alkanes) is 1. The van der Waals surface area contributed by atoms with Gasteiger partial charge in [-0.15, -0.1) is 0 Å². The maximum absolute atomic E-state index is 11.5. The Bertz CT molecular complexity index is 304. The normalized spacial score (nSPS) is 20.4. The van der Waals surface area contributed by atoms with E-state index >= 15 is 0 Å². The lowest BCUT2D eigenvalue weighted by Crippen LogP contribution is -2.32. The summed E-state index contributed by atoms with van der Waals surface area (Å²) < 4.78 is 0. The molecule has 3 amide bonds. The highest BCUT2D eigenvalue weighted by Crippen LogP contribution is 2.19. The summed E-state index contributed by atoms with van der Waals surface area (Å²) in [4.78, 5) is 35.0. The number of amides is 3. The lowest BCUT2D eigenvalue weighted by Gasteiger charge is -2.13. The van der Waals surface area contributed by atoms with Crippen molar-refractivity contribution in [1.29, 1.82) is 0 Å². The van der Waals surface area contributed by atoms with Gasteiger partial charge in [0.1, 0.15) is 0 Å². The molecule has 0 aliphatic carbocycles. The zero-order valence-electron chi connectivity index (χ0n) is 9.36. The minimum atomic E-state index is -0.229. The number of rotatable bonds is 5. The summed E-state index contributed by atoms with van der Waals surface area (Å²) >= 11 is 0. The van der Waals surface area contributed by atoms with E-state index < -0.39 is 0 Å². The number of carbonyl (C=O) groups excluding carboxylic acids is 3. The van der Waals surface area contributed by atoms with Crippen LogP contribution in [0.25, 0.3) is 0 Å². The van der Waals surface area contributed by atoms with Gasteiger partial charge >= 0.3 is 0 Å². The third-order valence-corrected chi connectivity index (χ3v) is 2.67. The molecule has 0 aromatic carbocycles. The topological polar surface area (TPSA) is 92.5 Å². The van der Waals surface area contributed by atoms with Crippen LogP contribution in [0.5, 0.6) is 0 Å². The second kappa shape index (κ2) is 5.60. The fourth-order valence-corrected chi connectivity index (χ4v) is 1.71. The van der Waals surface area contributed by atoms with Gasteiger partial charge in [-0.2, -0.15) is 0 Å². The maximum Gasteiger partial charge on any atom is 0.233 e. The van der Waals surface area contributed by atoms with E-state index in [4.69, 9.17) is 5.84 Å². The zero-order chi connectivity index (χ0) is 12.1. The summed E-state index contributed by atoms with van der Waals surface area (Å²) in [6.07, 6.45) is 1.89. The Morgan fingerprint density at radius 2 is 2.19 bits per heavy atom. The van der Waals surface area contributed by atoms with Gasteiger partial charge in [0, 0.05) is 25.3 Å². The van der Waals surface area contributed by atoms with Crippen LogP contribution in [0, 0.1) is 5.92 Å². The van der Waals surface area contributed by atoms with Crippen LogP contribution in [-0.4, -0.2) is 29.2 Å². The number of nitrogens with zero attached hydrogens (tertiary/aromatic N) is 1. The summed E-state index contributed by atoms with van der Waals surface area (Å²) in [6, 6.07) is 0. The Balaban J connectivity index is 2.25. The Morgan fingerprint density at radius 3 is 2.69 bits per heavy atom. The molecule has 6 heteroatoms. The van der Waals surface area contributed by atoms with E-state index in [1.807, 2.05) is 5.43 Å². The molecule has 1 aliphatic rings. The number of carbonyl (C=O) groups is 3. The molecule has 1 heterocycles. The maximum atomic E-state index is 11.5. The third kappa shape index (κ3) is 3.03. The molecule has 1 unspecified atom stereocenters. The number of hydrazine groups is 1. The molecule has 1 aliphatic heterocycles. The van der Waals surface area contributed by atoms with E-state index in [1.54, 1.807) is 6.92 Å². The standard InChI is InChI=1S/C10H17N3O3/c1-7-6-9(15)13(10(7)16)5-3-2-4-8(14)12-11/h7H,2-6,11H2,1H3,(H,12,14). The Kier molecular flexibility index (Phi) is 4.42. The van der Waals surface area contributed by atoms with Crippen molar-refractivity contribution in [2.24, 2.45) is 11.8 Å².